The van der Waals surface area contributed by atoms with Crippen LogP contribution in [0.2, 0.25) is 5.02 Å². The lowest BCUT2D eigenvalue weighted by Gasteiger charge is -2.16. The van der Waals surface area contributed by atoms with E-state index in [0.29, 0.717) is 28.3 Å². The maximum Gasteiger partial charge on any atom is 0.234 e. The Hall–Kier alpha value is -2.51. The summed E-state index contributed by atoms with van der Waals surface area (Å²) < 4.78 is 8.08. The van der Waals surface area contributed by atoms with E-state index in [-0.39, 0.29) is 17.8 Å². The molecule has 8 heteroatoms. The SMILES string of the molecule is CCn1c(SCC(=O)Nc2cccc(Cl)c2C)nnc1C(C)Oc1ccc(C(C)C)cc1. The Kier molecular flexibility index (Phi) is 8.21. The third-order valence-corrected chi connectivity index (χ3v) is 6.54. The fourth-order valence-corrected chi connectivity index (χ4v) is 4.24. The average molecular weight is 473 g/mol. The summed E-state index contributed by atoms with van der Waals surface area (Å²) in [5.74, 6) is 2.09. The van der Waals surface area contributed by atoms with Crippen LogP contribution in [0.15, 0.2) is 47.6 Å². The van der Waals surface area contributed by atoms with Gasteiger partial charge in [-0.2, -0.15) is 0 Å². The molecule has 0 spiro atoms. The topological polar surface area (TPSA) is 69.0 Å². The van der Waals surface area contributed by atoms with Crippen molar-refractivity contribution in [2.45, 2.75) is 58.3 Å². The van der Waals surface area contributed by atoms with Crippen molar-refractivity contribution in [3.63, 3.8) is 0 Å². The zero-order valence-electron chi connectivity index (χ0n) is 19.1. The minimum atomic E-state index is -0.273. The Morgan fingerprint density at radius 1 is 1.16 bits per heavy atom. The van der Waals surface area contributed by atoms with Crippen molar-refractivity contribution in [1.29, 1.82) is 0 Å². The van der Waals surface area contributed by atoms with E-state index in [1.807, 2.05) is 49.6 Å². The molecule has 0 aliphatic heterocycles. The van der Waals surface area contributed by atoms with E-state index in [9.17, 15) is 4.79 Å². The molecule has 1 N–H and O–H groups in total. The molecule has 0 aliphatic carbocycles. The highest BCUT2D eigenvalue weighted by atomic mass is 35.5. The predicted octanol–water partition coefficient (Wildman–Crippen LogP) is 6.25. The molecule has 170 valence electrons. The highest BCUT2D eigenvalue weighted by molar-refractivity contribution is 7.99. The molecule has 3 aromatic rings. The Morgan fingerprint density at radius 3 is 2.53 bits per heavy atom. The second-order valence-electron chi connectivity index (χ2n) is 7.82. The number of aromatic nitrogens is 3. The summed E-state index contributed by atoms with van der Waals surface area (Å²) >= 11 is 7.48. The van der Waals surface area contributed by atoms with E-state index in [4.69, 9.17) is 16.3 Å². The van der Waals surface area contributed by atoms with Gasteiger partial charge in [0.25, 0.3) is 0 Å². The predicted molar refractivity (Wildman–Crippen MR) is 131 cm³/mol. The van der Waals surface area contributed by atoms with Crippen LogP contribution >= 0.6 is 23.4 Å². The molecule has 0 bridgehead atoms. The Morgan fingerprint density at radius 2 is 1.88 bits per heavy atom. The van der Waals surface area contributed by atoms with Crippen molar-refractivity contribution >= 4 is 35.0 Å². The molecule has 0 radical (unpaired) electrons. The van der Waals surface area contributed by atoms with Crippen molar-refractivity contribution in [1.82, 2.24) is 14.8 Å². The maximum absolute atomic E-state index is 12.4. The van der Waals surface area contributed by atoms with E-state index in [1.54, 1.807) is 6.07 Å². The Balaban J connectivity index is 1.63. The first kappa shape index (κ1) is 24.1. The fraction of sp³-hybridized carbons (Fsp3) is 0.375. The van der Waals surface area contributed by atoms with E-state index >= 15 is 0 Å². The van der Waals surface area contributed by atoms with Gasteiger partial charge in [-0.1, -0.05) is 55.4 Å². The van der Waals surface area contributed by atoms with Gasteiger partial charge in [-0.25, -0.2) is 0 Å². The van der Waals surface area contributed by atoms with Crippen LogP contribution in [0.25, 0.3) is 0 Å². The van der Waals surface area contributed by atoms with Crippen molar-refractivity contribution in [3.05, 3.63) is 64.4 Å². The average Bonchev–Trinajstić information content (AvgIpc) is 3.19. The normalized spacial score (nSPS) is 12.1. The third kappa shape index (κ3) is 5.84. The first-order valence-electron chi connectivity index (χ1n) is 10.7. The molecule has 0 saturated carbocycles. The number of thioether (sulfide) groups is 1. The molecule has 0 aliphatic rings. The zero-order valence-corrected chi connectivity index (χ0v) is 20.6. The van der Waals surface area contributed by atoms with Gasteiger partial charge in [0.15, 0.2) is 17.1 Å². The van der Waals surface area contributed by atoms with Crippen LogP contribution < -0.4 is 10.1 Å². The van der Waals surface area contributed by atoms with Crippen LogP contribution in [0.1, 0.15) is 56.7 Å². The van der Waals surface area contributed by atoms with Crippen LogP contribution in [0.4, 0.5) is 5.69 Å². The van der Waals surface area contributed by atoms with Gasteiger partial charge in [-0.3, -0.25) is 4.79 Å². The number of carbonyl (C=O) groups is 1. The largest absolute Gasteiger partial charge is 0.483 e. The van der Waals surface area contributed by atoms with Crippen LogP contribution in [0.5, 0.6) is 5.75 Å². The third-order valence-electron chi connectivity index (χ3n) is 5.16. The number of carbonyl (C=O) groups excluding carboxylic acids is 1. The van der Waals surface area contributed by atoms with Crippen molar-refractivity contribution in [2.75, 3.05) is 11.1 Å². The summed E-state index contributed by atoms with van der Waals surface area (Å²) in [7, 11) is 0. The van der Waals surface area contributed by atoms with Crippen molar-refractivity contribution in [2.24, 2.45) is 0 Å². The number of benzene rings is 2. The molecule has 1 heterocycles. The molecular weight excluding hydrogens is 444 g/mol. The molecule has 0 saturated heterocycles. The maximum atomic E-state index is 12.4. The molecule has 1 unspecified atom stereocenters. The Bertz CT molecular complexity index is 1070. The first-order valence-corrected chi connectivity index (χ1v) is 12.0. The van der Waals surface area contributed by atoms with Crippen molar-refractivity contribution in [3.8, 4) is 5.75 Å². The summed E-state index contributed by atoms with van der Waals surface area (Å²) in [6.45, 7) is 10.9. The number of nitrogens with zero attached hydrogens (tertiary/aromatic N) is 3. The summed E-state index contributed by atoms with van der Waals surface area (Å²) in [6, 6.07) is 13.6. The van der Waals surface area contributed by atoms with Gasteiger partial charge in [0.1, 0.15) is 5.75 Å². The molecule has 1 aromatic heterocycles. The van der Waals surface area contributed by atoms with E-state index in [2.05, 4.69) is 41.5 Å². The smallest absolute Gasteiger partial charge is 0.234 e. The second kappa shape index (κ2) is 10.9. The standard InChI is InChI=1S/C24H29ClN4O2S/c1-6-29-23(17(5)31-19-12-10-18(11-13-19)15(2)3)27-28-24(29)32-14-22(30)26-21-9-7-8-20(25)16(21)4/h7-13,15,17H,6,14H2,1-5H3,(H,26,30). The number of hydrogen-bond acceptors (Lipinski definition) is 5. The number of halogens is 1. The monoisotopic (exact) mass is 472 g/mol. The van der Waals surface area contributed by atoms with E-state index in [0.717, 1.165) is 17.1 Å². The minimum Gasteiger partial charge on any atom is -0.483 e. The summed E-state index contributed by atoms with van der Waals surface area (Å²) in [5, 5.41) is 12.8. The summed E-state index contributed by atoms with van der Waals surface area (Å²) in [6.07, 6.45) is -0.273. The van der Waals surface area contributed by atoms with Gasteiger partial charge in [-0.15, -0.1) is 10.2 Å². The Labute approximate surface area is 198 Å². The van der Waals surface area contributed by atoms with Crippen LogP contribution in [-0.2, 0) is 11.3 Å². The van der Waals surface area contributed by atoms with E-state index in [1.165, 1.54) is 17.3 Å². The number of rotatable bonds is 9. The van der Waals surface area contributed by atoms with Crippen LogP contribution in [0.3, 0.4) is 0 Å². The van der Waals surface area contributed by atoms with Gasteiger partial charge in [0.05, 0.1) is 5.75 Å². The van der Waals surface area contributed by atoms with Crippen LogP contribution in [0, 0.1) is 6.92 Å². The molecule has 2 aromatic carbocycles. The highest BCUT2D eigenvalue weighted by Crippen LogP contribution is 2.27. The summed E-state index contributed by atoms with van der Waals surface area (Å²) in [5.41, 5.74) is 2.83. The molecule has 1 atom stereocenters. The highest BCUT2D eigenvalue weighted by Gasteiger charge is 2.20. The van der Waals surface area contributed by atoms with Crippen molar-refractivity contribution < 1.29 is 9.53 Å². The second-order valence-corrected chi connectivity index (χ2v) is 9.17. The molecule has 1 amide bonds. The lowest BCUT2D eigenvalue weighted by atomic mass is 10.0. The number of nitrogens with one attached hydrogen (secondary N) is 1. The fourth-order valence-electron chi connectivity index (χ4n) is 3.25. The molecule has 32 heavy (non-hydrogen) atoms. The van der Waals surface area contributed by atoms with Gasteiger partial charge in [0, 0.05) is 17.3 Å². The lowest BCUT2D eigenvalue weighted by Crippen LogP contribution is -2.16. The first-order chi connectivity index (χ1) is 15.3. The molecule has 0 fully saturated rings. The minimum absolute atomic E-state index is 0.123. The number of anilines is 1. The van der Waals surface area contributed by atoms with Gasteiger partial charge >= 0.3 is 0 Å². The van der Waals surface area contributed by atoms with Crippen LogP contribution in [-0.4, -0.2) is 26.4 Å². The molecule has 3 rings (SSSR count). The molecular formula is C24H29ClN4O2S. The van der Waals surface area contributed by atoms with Gasteiger partial charge < -0.3 is 14.6 Å². The van der Waals surface area contributed by atoms with Gasteiger partial charge in [-0.05, 0) is 62.1 Å². The van der Waals surface area contributed by atoms with Gasteiger partial charge in [0.2, 0.25) is 5.91 Å². The number of hydrogen-bond donors (Lipinski definition) is 1. The summed E-state index contributed by atoms with van der Waals surface area (Å²) in [4.78, 5) is 12.4. The number of amides is 1. The zero-order chi connectivity index (χ0) is 23.3. The lowest BCUT2D eigenvalue weighted by molar-refractivity contribution is -0.113. The molecule has 6 nitrogen and oxygen atoms in total. The van der Waals surface area contributed by atoms with E-state index < -0.39 is 0 Å². The number of ether oxygens (including phenoxy) is 1. The quantitative estimate of drug-likeness (QED) is 0.372.